The zero-order valence-corrected chi connectivity index (χ0v) is 18.6. The third kappa shape index (κ3) is 6.78. The number of nitrogens with one attached hydrogen (secondary N) is 2. The van der Waals surface area contributed by atoms with Gasteiger partial charge in [-0.25, -0.2) is 4.99 Å². The van der Waals surface area contributed by atoms with Crippen LogP contribution in [0.25, 0.3) is 0 Å². The molecule has 2 N–H and O–H groups in total. The van der Waals surface area contributed by atoms with Crippen LogP contribution in [0.5, 0.6) is 0 Å². The van der Waals surface area contributed by atoms with Gasteiger partial charge in [-0.3, -0.25) is 4.79 Å². The van der Waals surface area contributed by atoms with Crippen LogP contribution in [0.15, 0.2) is 29.3 Å². The number of carbonyl (C=O) groups excluding carboxylic acids is 1. The molecule has 0 aliphatic carbocycles. The Balaban J connectivity index is 0.00000338. The van der Waals surface area contributed by atoms with Crippen molar-refractivity contribution in [2.24, 2.45) is 4.99 Å². The van der Waals surface area contributed by atoms with E-state index in [0.717, 1.165) is 44.9 Å². The topological polar surface area (TPSA) is 56.7 Å². The van der Waals surface area contributed by atoms with Gasteiger partial charge in [-0.05, 0) is 44.2 Å². The summed E-state index contributed by atoms with van der Waals surface area (Å²) in [5.74, 6) is 1.15. The average molecular weight is 472 g/mol. The summed E-state index contributed by atoms with van der Waals surface area (Å²) >= 11 is 0. The van der Waals surface area contributed by atoms with E-state index in [0.29, 0.717) is 24.9 Å². The number of aliphatic imine (C=N–C) groups is 1. The zero-order valence-electron chi connectivity index (χ0n) is 16.3. The molecule has 1 aliphatic heterocycles. The van der Waals surface area contributed by atoms with Crippen molar-refractivity contribution in [2.45, 2.75) is 59.0 Å². The van der Waals surface area contributed by atoms with Crippen LogP contribution >= 0.6 is 24.0 Å². The minimum absolute atomic E-state index is 0. The van der Waals surface area contributed by atoms with Crippen molar-refractivity contribution < 1.29 is 4.79 Å². The first kappa shape index (κ1) is 22.7. The number of guanidine groups is 1. The van der Waals surface area contributed by atoms with Gasteiger partial charge < -0.3 is 15.5 Å². The van der Waals surface area contributed by atoms with Gasteiger partial charge in [-0.1, -0.05) is 31.2 Å². The van der Waals surface area contributed by atoms with E-state index in [1.165, 1.54) is 11.1 Å². The first-order chi connectivity index (χ1) is 12.2. The fourth-order valence-corrected chi connectivity index (χ4v) is 3.29. The van der Waals surface area contributed by atoms with Gasteiger partial charge >= 0.3 is 0 Å². The number of carbonyl (C=O) groups is 1. The second-order valence-electron chi connectivity index (χ2n) is 6.59. The highest BCUT2D eigenvalue weighted by Crippen LogP contribution is 2.17. The maximum atomic E-state index is 11.9. The molecule has 6 heteroatoms. The van der Waals surface area contributed by atoms with Gasteiger partial charge in [-0.15, -0.1) is 24.0 Å². The molecule has 0 saturated carbocycles. The Morgan fingerprint density at radius 2 is 2.04 bits per heavy atom. The second kappa shape index (κ2) is 12.1. The van der Waals surface area contributed by atoms with Crippen molar-refractivity contribution in [3.05, 3.63) is 35.4 Å². The van der Waals surface area contributed by atoms with E-state index >= 15 is 0 Å². The predicted molar refractivity (Wildman–Crippen MR) is 119 cm³/mol. The molecule has 0 spiro atoms. The lowest BCUT2D eigenvalue weighted by molar-refractivity contribution is -0.129. The molecular formula is C20H33IN4O. The van der Waals surface area contributed by atoms with Crippen molar-refractivity contribution in [2.75, 3.05) is 19.6 Å². The van der Waals surface area contributed by atoms with Crippen molar-refractivity contribution in [1.82, 2.24) is 15.5 Å². The summed E-state index contributed by atoms with van der Waals surface area (Å²) in [5, 5.41) is 6.72. The Labute approximate surface area is 175 Å². The summed E-state index contributed by atoms with van der Waals surface area (Å²) in [6.07, 6.45) is 3.68. The Morgan fingerprint density at radius 3 is 2.65 bits per heavy atom. The molecule has 1 unspecified atom stereocenters. The number of hydrogen-bond acceptors (Lipinski definition) is 2. The quantitative estimate of drug-likeness (QED) is 0.346. The van der Waals surface area contributed by atoms with Gasteiger partial charge in [0.15, 0.2) is 5.96 Å². The van der Waals surface area contributed by atoms with Crippen LogP contribution in [0.4, 0.5) is 0 Å². The van der Waals surface area contributed by atoms with E-state index in [2.05, 4.69) is 60.6 Å². The van der Waals surface area contributed by atoms with Crippen LogP contribution in [0.3, 0.4) is 0 Å². The molecule has 0 radical (unpaired) electrons. The molecule has 1 aliphatic rings. The fraction of sp³-hybridized carbons (Fsp3) is 0.600. The highest BCUT2D eigenvalue weighted by molar-refractivity contribution is 14.0. The second-order valence-corrected chi connectivity index (χ2v) is 6.59. The van der Waals surface area contributed by atoms with Gasteiger partial charge in [0.25, 0.3) is 0 Å². The molecule has 1 aromatic rings. The molecule has 146 valence electrons. The molecule has 1 amide bonds. The molecule has 1 heterocycles. The number of aryl methyl sites for hydroxylation is 1. The first-order valence-corrected chi connectivity index (χ1v) is 9.51. The molecule has 0 aromatic heterocycles. The van der Waals surface area contributed by atoms with Gasteiger partial charge in [0.05, 0.1) is 6.54 Å². The Morgan fingerprint density at radius 1 is 1.27 bits per heavy atom. The molecular weight excluding hydrogens is 439 g/mol. The summed E-state index contributed by atoms with van der Waals surface area (Å²) in [6.45, 7) is 9.59. The summed E-state index contributed by atoms with van der Waals surface area (Å²) in [6, 6.07) is 8.67. The van der Waals surface area contributed by atoms with Crippen LogP contribution in [0, 0.1) is 6.92 Å². The number of likely N-dealkylation sites (tertiary alicyclic amines) is 1. The van der Waals surface area contributed by atoms with E-state index in [-0.39, 0.29) is 24.0 Å². The lowest BCUT2D eigenvalue weighted by Gasteiger charge is -2.27. The van der Waals surface area contributed by atoms with Crippen LogP contribution in [0.1, 0.15) is 50.7 Å². The van der Waals surface area contributed by atoms with E-state index in [1.54, 1.807) is 0 Å². The molecule has 1 aromatic carbocycles. The Hall–Kier alpha value is -1.31. The number of halogens is 1. The van der Waals surface area contributed by atoms with E-state index < -0.39 is 0 Å². The SMILES string of the molecule is CCNC(=NCc1ccccc1C)NCCC(CC)N1CCCC1=O.I. The molecule has 26 heavy (non-hydrogen) atoms. The summed E-state index contributed by atoms with van der Waals surface area (Å²) in [5.41, 5.74) is 2.51. The van der Waals surface area contributed by atoms with Crippen molar-refractivity contribution in [1.29, 1.82) is 0 Å². The highest BCUT2D eigenvalue weighted by Gasteiger charge is 2.26. The zero-order chi connectivity index (χ0) is 18.1. The third-order valence-corrected chi connectivity index (χ3v) is 4.81. The number of rotatable bonds is 8. The first-order valence-electron chi connectivity index (χ1n) is 9.51. The number of benzene rings is 1. The molecule has 0 bridgehead atoms. The normalized spacial score (nSPS) is 15.6. The number of hydrogen-bond donors (Lipinski definition) is 2. The van der Waals surface area contributed by atoms with Crippen LogP contribution < -0.4 is 10.6 Å². The predicted octanol–water partition coefficient (Wildman–Crippen LogP) is 3.46. The number of nitrogens with zero attached hydrogens (tertiary/aromatic N) is 2. The molecule has 1 atom stereocenters. The minimum atomic E-state index is 0. The van der Waals surface area contributed by atoms with Crippen LogP contribution in [-0.4, -0.2) is 42.4 Å². The van der Waals surface area contributed by atoms with Crippen LogP contribution in [-0.2, 0) is 11.3 Å². The highest BCUT2D eigenvalue weighted by atomic mass is 127. The third-order valence-electron chi connectivity index (χ3n) is 4.81. The standard InChI is InChI=1S/C20H32N4O.HI/c1-4-18(24-14-8-11-19(24)25)12-13-22-20(21-5-2)23-15-17-10-7-6-9-16(17)3;/h6-7,9-10,18H,4-5,8,11-15H2,1-3H3,(H2,21,22,23);1H. The minimum Gasteiger partial charge on any atom is -0.357 e. The Bertz CT molecular complexity index is 591. The van der Waals surface area contributed by atoms with Crippen molar-refractivity contribution in [3.8, 4) is 0 Å². The lowest BCUT2D eigenvalue weighted by atomic mass is 10.1. The summed E-state index contributed by atoms with van der Waals surface area (Å²) in [7, 11) is 0. The Kier molecular flexibility index (Phi) is 10.6. The largest absolute Gasteiger partial charge is 0.357 e. The number of amides is 1. The molecule has 2 rings (SSSR count). The van der Waals surface area contributed by atoms with E-state index in [1.807, 2.05) is 0 Å². The molecule has 1 saturated heterocycles. The average Bonchev–Trinajstić information content (AvgIpc) is 3.03. The monoisotopic (exact) mass is 472 g/mol. The molecule has 5 nitrogen and oxygen atoms in total. The summed E-state index contributed by atoms with van der Waals surface area (Å²) < 4.78 is 0. The fourth-order valence-electron chi connectivity index (χ4n) is 3.29. The van der Waals surface area contributed by atoms with Crippen molar-refractivity contribution in [3.63, 3.8) is 0 Å². The van der Waals surface area contributed by atoms with Gasteiger partial charge in [0, 0.05) is 32.1 Å². The van der Waals surface area contributed by atoms with Gasteiger partial charge in [0.1, 0.15) is 0 Å². The van der Waals surface area contributed by atoms with Gasteiger partial charge in [-0.2, -0.15) is 0 Å². The van der Waals surface area contributed by atoms with E-state index in [4.69, 9.17) is 4.99 Å². The van der Waals surface area contributed by atoms with Crippen molar-refractivity contribution >= 4 is 35.8 Å². The van der Waals surface area contributed by atoms with Gasteiger partial charge in [0.2, 0.25) is 5.91 Å². The van der Waals surface area contributed by atoms with E-state index in [9.17, 15) is 4.79 Å². The maximum absolute atomic E-state index is 11.9. The smallest absolute Gasteiger partial charge is 0.222 e. The van der Waals surface area contributed by atoms with Crippen LogP contribution in [0.2, 0.25) is 0 Å². The molecule has 1 fully saturated rings. The maximum Gasteiger partial charge on any atom is 0.222 e. The summed E-state index contributed by atoms with van der Waals surface area (Å²) in [4.78, 5) is 18.7. The lowest BCUT2D eigenvalue weighted by Crippen LogP contribution is -2.42.